The standard InChI is InChI=1S/C13H26N2O2S/c1-3-8-14(11-13-6-7-13)18(16,17)15-9-4-5-12(2)10-15/h12-13H,3-11H2,1-2H3/t12-/m1/s1. The second kappa shape index (κ2) is 5.88. The molecule has 18 heavy (non-hydrogen) atoms. The predicted molar refractivity (Wildman–Crippen MR) is 73.5 cm³/mol. The van der Waals surface area contributed by atoms with Crippen molar-refractivity contribution in [1.29, 1.82) is 0 Å². The minimum atomic E-state index is -3.21. The fourth-order valence-electron chi connectivity index (χ4n) is 2.66. The average molecular weight is 274 g/mol. The molecule has 5 heteroatoms. The summed E-state index contributed by atoms with van der Waals surface area (Å²) in [5.41, 5.74) is 0. The van der Waals surface area contributed by atoms with E-state index in [4.69, 9.17) is 0 Å². The highest BCUT2D eigenvalue weighted by Crippen LogP contribution is 2.31. The van der Waals surface area contributed by atoms with Gasteiger partial charge in [-0.15, -0.1) is 0 Å². The Morgan fingerprint density at radius 3 is 2.56 bits per heavy atom. The Balaban J connectivity index is 2.04. The van der Waals surface area contributed by atoms with Crippen LogP contribution in [0.25, 0.3) is 0 Å². The zero-order chi connectivity index (χ0) is 13.2. The molecular weight excluding hydrogens is 248 g/mol. The lowest BCUT2D eigenvalue weighted by Crippen LogP contribution is -2.48. The van der Waals surface area contributed by atoms with Crippen LogP contribution in [0.1, 0.15) is 46.0 Å². The Hall–Kier alpha value is -0.130. The fraction of sp³-hybridized carbons (Fsp3) is 1.00. The van der Waals surface area contributed by atoms with E-state index in [2.05, 4.69) is 6.92 Å². The summed E-state index contributed by atoms with van der Waals surface area (Å²) in [5.74, 6) is 1.12. The first-order chi connectivity index (χ1) is 8.54. The van der Waals surface area contributed by atoms with E-state index in [1.165, 1.54) is 12.8 Å². The molecule has 1 saturated carbocycles. The van der Waals surface area contributed by atoms with Crippen LogP contribution < -0.4 is 0 Å². The maximum absolute atomic E-state index is 12.6. The summed E-state index contributed by atoms with van der Waals surface area (Å²) in [7, 11) is -3.21. The van der Waals surface area contributed by atoms with E-state index in [0.717, 1.165) is 25.8 Å². The van der Waals surface area contributed by atoms with Crippen molar-refractivity contribution < 1.29 is 8.42 Å². The van der Waals surface area contributed by atoms with Crippen LogP contribution in [0.3, 0.4) is 0 Å². The minimum Gasteiger partial charge on any atom is -0.195 e. The molecule has 0 amide bonds. The number of piperidine rings is 1. The third-order valence-corrected chi connectivity index (χ3v) is 5.87. The van der Waals surface area contributed by atoms with Crippen molar-refractivity contribution in [2.75, 3.05) is 26.2 Å². The summed E-state index contributed by atoms with van der Waals surface area (Å²) in [5, 5.41) is 0. The summed E-state index contributed by atoms with van der Waals surface area (Å²) in [4.78, 5) is 0. The largest absolute Gasteiger partial charge is 0.281 e. The molecule has 2 aliphatic rings. The maximum atomic E-state index is 12.6. The van der Waals surface area contributed by atoms with Crippen LogP contribution in [0, 0.1) is 11.8 Å². The summed E-state index contributed by atoms with van der Waals surface area (Å²) in [6, 6.07) is 0. The molecule has 106 valence electrons. The van der Waals surface area contributed by atoms with Gasteiger partial charge >= 0.3 is 0 Å². The van der Waals surface area contributed by atoms with Crippen LogP contribution in [0.15, 0.2) is 0 Å². The normalized spacial score (nSPS) is 26.7. The molecule has 2 rings (SSSR count). The third kappa shape index (κ3) is 3.45. The molecule has 4 nitrogen and oxygen atoms in total. The van der Waals surface area contributed by atoms with Gasteiger partial charge < -0.3 is 0 Å². The van der Waals surface area contributed by atoms with Gasteiger partial charge in [-0.3, -0.25) is 0 Å². The number of hydrogen-bond acceptors (Lipinski definition) is 2. The van der Waals surface area contributed by atoms with Gasteiger partial charge in [-0.05, 0) is 43.9 Å². The number of nitrogens with zero attached hydrogens (tertiary/aromatic N) is 2. The highest BCUT2D eigenvalue weighted by atomic mass is 32.2. The Labute approximate surface area is 112 Å². The molecule has 1 heterocycles. The first kappa shape index (κ1) is 14.3. The van der Waals surface area contributed by atoms with Gasteiger partial charge in [0.15, 0.2) is 0 Å². The second-order valence-electron chi connectivity index (χ2n) is 5.91. The van der Waals surface area contributed by atoms with E-state index >= 15 is 0 Å². The zero-order valence-corrected chi connectivity index (χ0v) is 12.5. The molecule has 0 aromatic rings. The van der Waals surface area contributed by atoms with E-state index in [0.29, 0.717) is 31.5 Å². The fourth-order valence-corrected chi connectivity index (χ4v) is 4.60. The van der Waals surface area contributed by atoms with Gasteiger partial charge in [0.1, 0.15) is 0 Å². The smallest absolute Gasteiger partial charge is 0.195 e. The van der Waals surface area contributed by atoms with Crippen LogP contribution in [-0.2, 0) is 10.2 Å². The Morgan fingerprint density at radius 1 is 1.28 bits per heavy atom. The molecule has 0 radical (unpaired) electrons. The molecule has 2 fully saturated rings. The van der Waals surface area contributed by atoms with Crippen molar-refractivity contribution in [3.63, 3.8) is 0 Å². The van der Waals surface area contributed by atoms with E-state index in [-0.39, 0.29) is 0 Å². The van der Waals surface area contributed by atoms with Gasteiger partial charge in [0.25, 0.3) is 10.2 Å². The van der Waals surface area contributed by atoms with Crippen molar-refractivity contribution in [2.24, 2.45) is 11.8 Å². The molecule has 1 atom stereocenters. The van der Waals surface area contributed by atoms with Crippen molar-refractivity contribution in [3.8, 4) is 0 Å². The van der Waals surface area contributed by atoms with Crippen LogP contribution in [0.2, 0.25) is 0 Å². The number of hydrogen-bond donors (Lipinski definition) is 0. The molecule has 0 aromatic heterocycles. The molecule has 0 unspecified atom stereocenters. The molecule has 0 spiro atoms. The van der Waals surface area contributed by atoms with Gasteiger partial charge in [-0.25, -0.2) is 0 Å². The monoisotopic (exact) mass is 274 g/mol. The summed E-state index contributed by atoms with van der Waals surface area (Å²) < 4.78 is 28.7. The topological polar surface area (TPSA) is 40.6 Å². The quantitative estimate of drug-likeness (QED) is 0.744. The zero-order valence-electron chi connectivity index (χ0n) is 11.6. The van der Waals surface area contributed by atoms with Gasteiger partial charge in [0.2, 0.25) is 0 Å². The lowest BCUT2D eigenvalue weighted by Gasteiger charge is -2.34. The van der Waals surface area contributed by atoms with Crippen LogP contribution in [-0.4, -0.2) is 43.2 Å². The Morgan fingerprint density at radius 2 is 2.00 bits per heavy atom. The molecule has 0 aromatic carbocycles. The Kier molecular flexibility index (Phi) is 4.67. The van der Waals surface area contributed by atoms with Crippen LogP contribution >= 0.6 is 0 Å². The number of rotatable bonds is 6. The maximum Gasteiger partial charge on any atom is 0.281 e. The molecule has 0 bridgehead atoms. The Bertz CT molecular complexity index is 365. The second-order valence-corrected chi connectivity index (χ2v) is 7.84. The molecular formula is C13H26N2O2S. The van der Waals surface area contributed by atoms with Crippen molar-refractivity contribution in [1.82, 2.24) is 8.61 Å². The predicted octanol–water partition coefficient (Wildman–Crippen LogP) is 2.09. The van der Waals surface area contributed by atoms with Crippen molar-refractivity contribution >= 4 is 10.2 Å². The molecule has 1 saturated heterocycles. The van der Waals surface area contributed by atoms with Gasteiger partial charge in [-0.2, -0.15) is 17.0 Å². The summed E-state index contributed by atoms with van der Waals surface area (Å²) in [6.07, 6.45) is 5.46. The first-order valence-corrected chi connectivity index (χ1v) is 8.69. The van der Waals surface area contributed by atoms with E-state index < -0.39 is 10.2 Å². The van der Waals surface area contributed by atoms with Gasteiger partial charge in [-0.1, -0.05) is 13.8 Å². The third-order valence-electron chi connectivity index (χ3n) is 3.90. The van der Waals surface area contributed by atoms with Crippen molar-refractivity contribution in [2.45, 2.75) is 46.0 Å². The highest BCUT2D eigenvalue weighted by Gasteiger charge is 2.35. The van der Waals surface area contributed by atoms with E-state index in [1.54, 1.807) is 8.61 Å². The van der Waals surface area contributed by atoms with Crippen LogP contribution in [0.4, 0.5) is 0 Å². The highest BCUT2D eigenvalue weighted by molar-refractivity contribution is 7.86. The molecule has 1 aliphatic heterocycles. The summed E-state index contributed by atoms with van der Waals surface area (Å²) >= 11 is 0. The lowest BCUT2D eigenvalue weighted by atomic mass is 10.0. The first-order valence-electron chi connectivity index (χ1n) is 7.29. The SMILES string of the molecule is CCCN(CC1CC1)S(=O)(=O)N1CCC[C@@H](C)C1. The average Bonchev–Trinajstić information content (AvgIpc) is 3.12. The van der Waals surface area contributed by atoms with Gasteiger partial charge in [0, 0.05) is 26.2 Å². The molecule has 1 aliphatic carbocycles. The van der Waals surface area contributed by atoms with Gasteiger partial charge in [0.05, 0.1) is 0 Å². The van der Waals surface area contributed by atoms with E-state index in [9.17, 15) is 8.42 Å². The van der Waals surface area contributed by atoms with Crippen molar-refractivity contribution in [3.05, 3.63) is 0 Å². The minimum absolute atomic E-state index is 0.498. The van der Waals surface area contributed by atoms with Crippen LogP contribution in [0.5, 0.6) is 0 Å². The lowest BCUT2D eigenvalue weighted by molar-refractivity contribution is 0.255. The van der Waals surface area contributed by atoms with E-state index in [1.807, 2.05) is 6.92 Å². The molecule has 0 N–H and O–H groups in total. The summed E-state index contributed by atoms with van der Waals surface area (Å²) in [6.45, 7) is 7.01.